The van der Waals surface area contributed by atoms with Crippen LogP contribution < -0.4 is 5.32 Å². The van der Waals surface area contributed by atoms with Crippen molar-refractivity contribution in [3.05, 3.63) is 53.1 Å². The van der Waals surface area contributed by atoms with Crippen LogP contribution in [0.25, 0.3) is 0 Å². The lowest BCUT2D eigenvalue weighted by Gasteiger charge is -2.19. The monoisotopic (exact) mass is 404 g/mol. The number of nitrogens with zero attached hydrogens (tertiary/aromatic N) is 3. The number of carbonyl (C=O) groups is 2. The van der Waals surface area contributed by atoms with E-state index in [0.717, 1.165) is 12.4 Å². The Bertz CT molecular complexity index is 963. The number of halogens is 3. The molecule has 152 valence electrons. The largest absolute Gasteiger partial charge is 0.332 e. The molecule has 1 aromatic heterocycles. The summed E-state index contributed by atoms with van der Waals surface area (Å²) in [6.45, 7) is -0.308. The molecule has 2 aromatic rings. The molecule has 1 heterocycles. The number of amides is 2. The second-order valence-electron chi connectivity index (χ2n) is 7.56. The third kappa shape index (κ3) is 4.08. The van der Waals surface area contributed by atoms with E-state index in [9.17, 15) is 22.8 Å². The Labute approximate surface area is 165 Å². The third-order valence-corrected chi connectivity index (χ3v) is 5.20. The summed E-state index contributed by atoms with van der Waals surface area (Å²) < 4.78 is 40.9. The van der Waals surface area contributed by atoms with E-state index in [-0.39, 0.29) is 18.1 Å². The predicted octanol–water partition coefficient (Wildman–Crippen LogP) is 3.11. The minimum absolute atomic E-state index is 0.0850. The molecule has 1 N–H and O–H groups in total. The van der Waals surface area contributed by atoms with Gasteiger partial charge in [-0.2, -0.15) is 0 Å². The SMILES string of the molecule is CN(CC(=O)Nc1ncc(F)cn1)C(=O)c1ccc(C2(F)CC2)cc1[C@@H]1C[C@H]1F. The van der Waals surface area contributed by atoms with Gasteiger partial charge in [0.2, 0.25) is 11.9 Å². The Morgan fingerprint density at radius 1 is 1.28 bits per heavy atom. The zero-order valence-electron chi connectivity index (χ0n) is 15.7. The van der Waals surface area contributed by atoms with Crippen LogP contribution in [0.4, 0.5) is 19.1 Å². The van der Waals surface area contributed by atoms with Gasteiger partial charge in [-0.3, -0.25) is 14.9 Å². The molecule has 2 aliphatic rings. The predicted molar refractivity (Wildman–Crippen MR) is 98.3 cm³/mol. The molecule has 2 amide bonds. The molecular formula is C20H19F3N4O2. The van der Waals surface area contributed by atoms with Gasteiger partial charge in [0, 0.05) is 18.5 Å². The first-order valence-electron chi connectivity index (χ1n) is 9.27. The van der Waals surface area contributed by atoms with Gasteiger partial charge < -0.3 is 4.90 Å². The average Bonchev–Trinajstić information content (AvgIpc) is 3.61. The number of hydrogen-bond donors (Lipinski definition) is 1. The van der Waals surface area contributed by atoms with E-state index in [1.165, 1.54) is 18.0 Å². The number of benzene rings is 1. The molecule has 0 aliphatic heterocycles. The van der Waals surface area contributed by atoms with Crippen LogP contribution in [0, 0.1) is 5.82 Å². The molecule has 0 bridgehead atoms. The first-order valence-corrected chi connectivity index (χ1v) is 9.27. The Balaban J connectivity index is 1.48. The molecule has 0 saturated heterocycles. The summed E-state index contributed by atoms with van der Waals surface area (Å²) in [5, 5.41) is 2.37. The number of anilines is 1. The summed E-state index contributed by atoms with van der Waals surface area (Å²) >= 11 is 0. The van der Waals surface area contributed by atoms with E-state index in [2.05, 4.69) is 15.3 Å². The van der Waals surface area contributed by atoms with E-state index >= 15 is 0 Å². The highest BCUT2D eigenvalue weighted by Crippen LogP contribution is 2.52. The van der Waals surface area contributed by atoms with Crippen LogP contribution in [-0.4, -0.2) is 46.4 Å². The molecule has 29 heavy (non-hydrogen) atoms. The molecule has 1 aromatic carbocycles. The highest BCUT2D eigenvalue weighted by atomic mass is 19.1. The molecule has 2 fully saturated rings. The van der Waals surface area contributed by atoms with Gasteiger partial charge in [0.05, 0.1) is 18.9 Å². The van der Waals surface area contributed by atoms with Gasteiger partial charge in [-0.05, 0) is 36.5 Å². The minimum Gasteiger partial charge on any atom is -0.332 e. The lowest BCUT2D eigenvalue weighted by molar-refractivity contribution is -0.116. The van der Waals surface area contributed by atoms with Crippen molar-refractivity contribution in [3.8, 4) is 0 Å². The van der Waals surface area contributed by atoms with Crippen LogP contribution in [-0.2, 0) is 10.5 Å². The molecule has 9 heteroatoms. The zero-order chi connectivity index (χ0) is 20.8. The number of rotatable bonds is 6. The van der Waals surface area contributed by atoms with E-state index in [1.807, 2.05) is 0 Å². The summed E-state index contributed by atoms with van der Waals surface area (Å²) in [6.07, 6.45) is 1.92. The first-order chi connectivity index (χ1) is 13.8. The molecule has 2 aliphatic carbocycles. The molecule has 0 unspecified atom stereocenters. The van der Waals surface area contributed by atoms with Gasteiger partial charge in [0.25, 0.3) is 5.91 Å². The normalized spacial score (nSPS) is 21.4. The topological polar surface area (TPSA) is 75.2 Å². The fourth-order valence-electron chi connectivity index (χ4n) is 3.26. The number of alkyl halides is 2. The van der Waals surface area contributed by atoms with Crippen LogP contribution in [0.1, 0.15) is 46.7 Å². The van der Waals surface area contributed by atoms with E-state index in [4.69, 9.17) is 0 Å². The molecular weight excluding hydrogens is 385 g/mol. The van der Waals surface area contributed by atoms with Gasteiger partial charge in [0.1, 0.15) is 11.8 Å². The summed E-state index contributed by atoms with van der Waals surface area (Å²) in [6, 6.07) is 4.65. The third-order valence-electron chi connectivity index (χ3n) is 5.20. The maximum atomic E-state index is 14.4. The zero-order valence-corrected chi connectivity index (χ0v) is 15.7. The Morgan fingerprint density at radius 3 is 2.52 bits per heavy atom. The van der Waals surface area contributed by atoms with E-state index in [1.54, 1.807) is 12.1 Å². The van der Waals surface area contributed by atoms with Crippen LogP contribution in [0.2, 0.25) is 0 Å². The summed E-state index contributed by atoms with van der Waals surface area (Å²) in [7, 11) is 1.43. The Kier molecular flexibility index (Phi) is 4.76. The molecule has 0 spiro atoms. The number of hydrogen-bond acceptors (Lipinski definition) is 4. The summed E-state index contributed by atoms with van der Waals surface area (Å²) in [5.41, 5.74) is -0.163. The highest BCUT2D eigenvalue weighted by molar-refractivity contribution is 6.00. The fraction of sp³-hybridized carbons (Fsp3) is 0.400. The molecule has 2 atom stereocenters. The van der Waals surface area contributed by atoms with Crippen LogP contribution in [0.3, 0.4) is 0 Å². The molecule has 2 saturated carbocycles. The molecule has 4 rings (SSSR count). The second-order valence-corrected chi connectivity index (χ2v) is 7.56. The number of nitrogens with one attached hydrogen (secondary N) is 1. The minimum atomic E-state index is -1.38. The maximum Gasteiger partial charge on any atom is 0.254 e. The van der Waals surface area contributed by atoms with Crippen molar-refractivity contribution < 1.29 is 22.8 Å². The van der Waals surface area contributed by atoms with Crippen LogP contribution in [0.15, 0.2) is 30.6 Å². The van der Waals surface area contributed by atoms with Crippen LogP contribution >= 0.6 is 0 Å². The number of likely N-dealkylation sites (N-methyl/N-ethyl adjacent to an activating group) is 1. The standard InChI is InChI=1S/C20H19F3N4O2/c1-27(10-17(28)26-19-24-8-12(21)9-25-19)18(29)13-3-2-11(20(23)4-5-20)6-14(13)15-7-16(15)22/h2-3,6,8-9,15-16H,4-5,7,10H2,1H3,(H,24,25,26,28)/t15-,16+/m0/s1. The van der Waals surface area contributed by atoms with E-state index in [0.29, 0.717) is 30.4 Å². The van der Waals surface area contributed by atoms with Gasteiger partial charge in [-0.1, -0.05) is 12.1 Å². The summed E-state index contributed by atoms with van der Waals surface area (Å²) in [4.78, 5) is 33.4. The van der Waals surface area contributed by atoms with Crippen molar-refractivity contribution >= 4 is 17.8 Å². The first kappa shape index (κ1) is 19.4. The van der Waals surface area contributed by atoms with Crippen molar-refractivity contribution in [2.75, 3.05) is 18.9 Å². The van der Waals surface area contributed by atoms with E-state index < -0.39 is 35.4 Å². The average molecular weight is 404 g/mol. The summed E-state index contributed by atoms with van der Waals surface area (Å²) in [5.74, 6) is -2.19. The van der Waals surface area contributed by atoms with Gasteiger partial charge in [0.15, 0.2) is 5.82 Å². The van der Waals surface area contributed by atoms with Crippen molar-refractivity contribution in [3.63, 3.8) is 0 Å². The fourth-order valence-corrected chi connectivity index (χ4v) is 3.26. The van der Waals surface area contributed by atoms with Crippen molar-refractivity contribution in [2.45, 2.75) is 37.0 Å². The number of aromatic nitrogens is 2. The smallest absolute Gasteiger partial charge is 0.254 e. The quantitative estimate of drug-likeness (QED) is 0.803. The number of carbonyl (C=O) groups excluding carboxylic acids is 2. The second kappa shape index (κ2) is 7.13. The Hall–Kier alpha value is -2.97. The lowest BCUT2D eigenvalue weighted by atomic mass is 9.96. The Morgan fingerprint density at radius 2 is 1.93 bits per heavy atom. The highest BCUT2D eigenvalue weighted by Gasteiger charge is 2.47. The van der Waals surface area contributed by atoms with Crippen molar-refractivity contribution in [1.29, 1.82) is 0 Å². The molecule has 6 nitrogen and oxygen atoms in total. The van der Waals surface area contributed by atoms with Gasteiger partial charge in [-0.25, -0.2) is 23.1 Å². The molecule has 0 radical (unpaired) electrons. The maximum absolute atomic E-state index is 14.4. The van der Waals surface area contributed by atoms with Crippen molar-refractivity contribution in [2.24, 2.45) is 0 Å². The van der Waals surface area contributed by atoms with Gasteiger partial charge in [-0.15, -0.1) is 0 Å². The van der Waals surface area contributed by atoms with Gasteiger partial charge >= 0.3 is 0 Å². The lowest BCUT2D eigenvalue weighted by Crippen LogP contribution is -2.35. The van der Waals surface area contributed by atoms with Crippen LogP contribution in [0.5, 0.6) is 0 Å². The van der Waals surface area contributed by atoms with Crippen molar-refractivity contribution in [1.82, 2.24) is 14.9 Å².